The Morgan fingerprint density at radius 2 is 1.69 bits per heavy atom. The molecule has 5 nitrogen and oxygen atoms in total. The smallest absolute Gasteiger partial charge is 0.264 e. The molecule has 1 heterocycles. The first kappa shape index (κ1) is 21.1. The van der Waals surface area contributed by atoms with Gasteiger partial charge in [0, 0.05) is 4.88 Å². The zero-order chi connectivity index (χ0) is 20.9. The Labute approximate surface area is 176 Å². The fourth-order valence-electron chi connectivity index (χ4n) is 2.85. The van der Waals surface area contributed by atoms with E-state index < -0.39 is 10.0 Å². The molecule has 3 aromatic rings. The molecule has 0 saturated heterocycles. The molecule has 152 valence electrons. The maximum absolute atomic E-state index is 13.3. The summed E-state index contributed by atoms with van der Waals surface area (Å²) in [6.45, 7) is 4.24. The van der Waals surface area contributed by atoms with Crippen molar-refractivity contribution in [3.8, 4) is 0 Å². The molecule has 1 N–H and O–H groups in total. The fourth-order valence-corrected chi connectivity index (χ4v) is 4.93. The van der Waals surface area contributed by atoms with Crippen LogP contribution in [0.15, 0.2) is 77.0 Å². The van der Waals surface area contributed by atoms with Gasteiger partial charge in [-0.2, -0.15) is 0 Å². The zero-order valence-electron chi connectivity index (χ0n) is 16.4. The summed E-state index contributed by atoms with van der Waals surface area (Å²) in [6.07, 6.45) is 0. The highest BCUT2D eigenvalue weighted by molar-refractivity contribution is 7.92. The Hall–Kier alpha value is -2.64. The number of carbonyl (C=O) groups excluding carboxylic acids is 1. The highest BCUT2D eigenvalue weighted by Crippen LogP contribution is 2.25. The number of thiophene rings is 1. The second-order valence-corrected chi connectivity index (χ2v) is 9.82. The van der Waals surface area contributed by atoms with Crippen LogP contribution in [0.4, 0.5) is 5.69 Å². The van der Waals surface area contributed by atoms with Gasteiger partial charge >= 0.3 is 0 Å². The Bertz CT molecular complexity index is 1030. The standard InChI is InChI=1S/C22H24N2O3S2/c1-17(2)18-10-12-19(13-11-18)24(29(26,27)21-8-4-3-5-9-21)16-22(25)23-15-20-7-6-14-28-20/h3-14,17H,15-16H2,1-2H3,(H,23,25). The third-order valence-corrected chi connectivity index (χ3v) is 7.17. The molecule has 0 saturated carbocycles. The lowest BCUT2D eigenvalue weighted by Gasteiger charge is -2.24. The van der Waals surface area contributed by atoms with E-state index in [-0.39, 0.29) is 17.3 Å². The van der Waals surface area contributed by atoms with Crippen LogP contribution in [0.25, 0.3) is 0 Å². The number of anilines is 1. The van der Waals surface area contributed by atoms with Gasteiger partial charge in [0.15, 0.2) is 0 Å². The van der Waals surface area contributed by atoms with Crippen LogP contribution in [0, 0.1) is 0 Å². The van der Waals surface area contributed by atoms with Gasteiger partial charge in [0.1, 0.15) is 6.54 Å². The van der Waals surface area contributed by atoms with Crippen molar-refractivity contribution in [1.82, 2.24) is 5.32 Å². The largest absolute Gasteiger partial charge is 0.350 e. The molecule has 0 atom stereocenters. The molecule has 0 spiro atoms. The molecule has 0 aliphatic heterocycles. The molecule has 0 unspecified atom stereocenters. The van der Waals surface area contributed by atoms with Crippen molar-refractivity contribution in [2.75, 3.05) is 10.8 Å². The highest BCUT2D eigenvalue weighted by Gasteiger charge is 2.27. The van der Waals surface area contributed by atoms with Crippen molar-refractivity contribution >= 4 is 33.0 Å². The summed E-state index contributed by atoms with van der Waals surface area (Å²) in [5.41, 5.74) is 1.57. The van der Waals surface area contributed by atoms with Crippen molar-refractivity contribution in [2.45, 2.75) is 31.2 Å². The van der Waals surface area contributed by atoms with Crippen molar-refractivity contribution in [1.29, 1.82) is 0 Å². The van der Waals surface area contributed by atoms with Gasteiger partial charge in [-0.3, -0.25) is 9.10 Å². The molecule has 1 amide bonds. The topological polar surface area (TPSA) is 66.5 Å². The van der Waals surface area contributed by atoms with Gasteiger partial charge in [-0.15, -0.1) is 11.3 Å². The van der Waals surface area contributed by atoms with E-state index in [4.69, 9.17) is 0 Å². The summed E-state index contributed by atoms with van der Waals surface area (Å²) in [7, 11) is -3.88. The molecule has 1 aromatic heterocycles. The van der Waals surface area contributed by atoms with Crippen LogP contribution in [0.2, 0.25) is 0 Å². The average molecular weight is 429 g/mol. The third kappa shape index (κ3) is 5.25. The van der Waals surface area contributed by atoms with E-state index in [1.54, 1.807) is 41.7 Å². The van der Waals surface area contributed by atoms with Crippen LogP contribution < -0.4 is 9.62 Å². The van der Waals surface area contributed by atoms with Gasteiger partial charge in [-0.05, 0) is 47.2 Å². The molecule has 3 rings (SSSR count). The minimum absolute atomic E-state index is 0.152. The zero-order valence-corrected chi connectivity index (χ0v) is 18.0. The average Bonchev–Trinajstić information content (AvgIpc) is 3.25. The molecule has 0 fully saturated rings. The third-order valence-electron chi connectivity index (χ3n) is 4.51. The van der Waals surface area contributed by atoms with Gasteiger partial charge in [0.2, 0.25) is 5.91 Å². The minimum atomic E-state index is -3.88. The maximum Gasteiger partial charge on any atom is 0.264 e. The Morgan fingerprint density at radius 1 is 1.00 bits per heavy atom. The fraction of sp³-hybridized carbons (Fsp3) is 0.227. The summed E-state index contributed by atoms with van der Waals surface area (Å²) in [6, 6.07) is 19.3. The Balaban J connectivity index is 1.87. The summed E-state index contributed by atoms with van der Waals surface area (Å²) in [4.78, 5) is 13.7. The first-order valence-electron chi connectivity index (χ1n) is 9.35. The van der Waals surface area contributed by atoms with Gasteiger partial charge in [-0.25, -0.2) is 8.42 Å². The van der Waals surface area contributed by atoms with E-state index in [0.29, 0.717) is 18.2 Å². The number of nitrogens with zero attached hydrogens (tertiary/aromatic N) is 1. The van der Waals surface area contributed by atoms with Crippen LogP contribution >= 0.6 is 11.3 Å². The Kier molecular flexibility index (Phi) is 6.71. The second-order valence-electron chi connectivity index (χ2n) is 6.93. The molecular weight excluding hydrogens is 404 g/mol. The molecule has 0 bridgehead atoms. The van der Waals surface area contributed by atoms with Gasteiger partial charge in [0.05, 0.1) is 17.1 Å². The SMILES string of the molecule is CC(C)c1ccc(N(CC(=O)NCc2cccs2)S(=O)(=O)c2ccccc2)cc1. The molecule has 2 aromatic carbocycles. The van der Waals surface area contributed by atoms with Crippen LogP contribution in [-0.4, -0.2) is 20.9 Å². The van der Waals surface area contributed by atoms with E-state index in [2.05, 4.69) is 19.2 Å². The maximum atomic E-state index is 13.3. The summed E-state index contributed by atoms with van der Waals surface area (Å²) >= 11 is 1.54. The van der Waals surface area contributed by atoms with E-state index in [0.717, 1.165) is 14.7 Å². The number of hydrogen-bond acceptors (Lipinski definition) is 4. The van der Waals surface area contributed by atoms with Gasteiger partial charge < -0.3 is 5.32 Å². The monoisotopic (exact) mass is 428 g/mol. The summed E-state index contributed by atoms with van der Waals surface area (Å²) < 4.78 is 27.7. The first-order valence-corrected chi connectivity index (χ1v) is 11.7. The van der Waals surface area contributed by atoms with Gasteiger partial charge in [-0.1, -0.05) is 50.2 Å². The molecule has 7 heteroatoms. The first-order chi connectivity index (χ1) is 13.9. The van der Waals surface area contributed by atoms with E-state index >= 15 is 0 Å². The molecule has 29 heavy (non-hydrogen) atoms. The van der Waals surface area contributed by atoms with Crippen LogP contribution in [0.5, 0.6) is 0 Å². The molecular formula is C22H24N2O3S2. The lowest BCUT2D eigenvalue weighted by atomic mass is 10.0. The second kappa shape index (κ2) is 9.24. The van der Waals surface area contributed by atoms with Crippen LogP contribution in [0.3, 0.4) is 0 Å². The number of nitrogens with one attached hydrogen (secondary N) is 1. The lowest BCUT2D eigenvalue weighted by molar-refractivity contribution is -0.119. The number of amides is 1. The van der Waals surface area contributed by atoms with Crippen LogP contribution in [-0.2, 0) is 21.4 Å². The number of carbonyl (C=O) groups is 1. The predicted molar refractivity (Wildman–Crippen MR) is 118 cm³/mol. The minimum Gasteiger partial charge on any atom is -0.350 e. The summed E-state index contributed by atoms with van der Waals surface area (Å²) in [5.74, 6) is -0.0248. The molecule has 0 aliphatic carbocycles. The normalized spacial score (nSPS) is 11.4. The van der Waals surface area contributed by atoms with Crippen molar-refractivity contribution in [2.24, 2.45) is 0 Å². The number of rotatable bonds is 8. The van der Waals surface area contributed by atoms with Crippen LogP contribution in [0.1, 0.15) is 30.2 Å². The number of hydrogen-bond donors (Lipinski definition) is 1. The lowest BCUT2D eigenvalue weighted by Crippen LogP contribution is -2.40. The van der Waals surface area contributed by atoms with E-state index in [9.17, 15) is 13.2 Å². The number of sulfonamides is 1. The van der Waals surface area contributed by atoms with Crippen molar-refractivity contribution in [3.63, 3.8) is 0 Å². The van der Waals surface area contributed by atoms with Crippen molar-refractivity contribution < 1.29 is 13.2 Å². The Morgan fingerprint density at radius 3 is 2.28 bits per heavy atom. The highest BCUT2D eigenvalue weighted by atomic mass is 32.2. The van der Waals surface area contributed by atoms with Gasteiger partial charge in [0.25, 0.3) is 10.0 Å². The molecule has 0 radical (unpaired) electrons. The van der Waals surface area contributed by atoms with E-state index in [1.165, 1.54) is 12.1 Å². The molecule has 0 aliphatic rings. The van der Waals surface area contributed by atoms with Crippen molar-refractivity contribution in [3.05, 3.63) is 82.6 Å². The number of benzene rings is 2. The predicted octanol–water partition coefficient (Wildman–Crippen LogP) is 4.38. The summed E-state index contributed by atoms with van der Waals surface area (Å²) in [5, 5.41) is 4.74. The van der Waals surface area contributed by atoms with E-state index in [1.807, 2.05) is 29.6 Å². The quantitative estimate of drug-likeness (QED) is 0.579.